The van der Waals surface area contributed by atoms with Crippen molar-refractivity contribution in [3.63, 3.8) is 0 Å². The molecule has 0 saturated carbocycles. The molecule has 0 bridgehead atoms. The van der Waals surface area contributed by atoms with Gasteiger partial charge in [0.25, 0.3) is 0 Å². The van der Waals surface area contributed by atoms with Crippen LogP contribution >= 0.6 is 0 Å². The highest BCUT2D eigenvalue weighted by Gasteiger charge is 2.17. The number of nitrogens with zero attached hydrogens (tertiary/aromatic N) is 4. The molecule has 1 aromatic carbocycles. The predicted molar refractivity (Wildman–Crippen MR) is 91.7 cm³/mol. The van der Waals surface area contributed by atoms with Gasteiger partial charge in [-0.15, -0.1) is 0 Å². The molecule has 5 heteroatoms. The van der Waals surface area contributed by atoms with Crippen LogP contribution in [0.15, 0.2) is 42.6 Å². The standard InChI is InChI=1S/C18H21N5/c1-14-4-2-5-15(12-14)23-17(13-22-10-8-19-9-11-22)21-16-6-3-7-20-18(16)23/h2-7,12,19H,8-11,13H2,1H3. The SMILES string of the molecule is Cc1cccc(-n2c(CN3CCNCC3)nc3cccnc32)c1. The molecule has 5 nitrogen and oxygen atoms in total. The molecule has 1 fully saturated rings. The Kier molecular flexibility index (Phi) is 3.81. The van der Waals surface area contributed by atoms with Crippen LogP contribution in [0.1, 0.15) is 11.4 Å². The number of fused-ring (bicyclic) bond motifs is 1. The molecular weight excluding hydrogens is 286 g/mol. The van der Waals surface area contributed by atoms with Crippen molar-refractivity contribution in [2.75, 3.05) is 26.2 Å². The number of piperazine rings is 1. The average Bonchev–Trinajstić information content (AvgIpc) is 2.93. The zero-order chi connectivity index (χ0) is 15.6. The van der Waals surface area contributed by atoms with Gasteiger partial charge in [-0.05, 0) is 36.8 Å². The summed E-state index contributed by atoms with van der Waals surface area (Å²) in [6.07, 6.45) is 1.84. The summed E-state index contributed by atoms with van der Waals surface area (Å²) in [5.74, 6) is 1.06. The molecule has 3 aromatic rings. The third kappa shape index (κ3) is 2.85. The summed E-state index contributed by atoms with van der Waals surface area (Å²) in [4.78, 5) is 11.9. The Morgan fingerprint density at radius 3 is 2.83 bits per heavy atom. The van der Waals surface area contributed by atoms with Crippen molar-refractivity contribution in [2.24, 2.45) is 0 Å². The topological polar surface area (TPSA) is 46.0 Å². The predicted octanol–water partition coefficient (Wildman–Crippen LogP) is 2.13. The molecule has 3 heterocycles. The molecule has 1 N–H and O–H groups in total. The maximum absolute atomic E-state index is 4.85. The van der Waals surface area contributed by atoms with Crippen molar-refractivity contribution in [3.8, 4) is 5.69 Å². The number of aromatic nitrogens is 3. The summed E-state index contributed by atoms with van der Waals surface area (Å²) < 4.78 is 2.20. The summed E-state index contributed by atoms with van der Waals surface area (Å²) in [5, 5.41) is 3.40. The van der Waals surface area contributed by atoms with Gasteiger partial charge in [-0.3, -0.25) is 9.47 Å². The van der Waals surface area contributed by atoms with Crippen molar-refractivity contribution in [2.45, 2.75) is 13.5 Å². The van der Waals surface area contributed by atoms with E-state index in [-0.39, 0.29) is 0 Å². The van der Waals surface area contributed by atoms with E-state index in [0.717, 1.165) is 55.4 Å². The molecule has 23 heavy (non-hydrogen) atoms. The minimum Gasteiger partial charge on any atom is -0.314 e. The first-order valence-corrected chi connectivity index (χ1v) is 8.14. The van der Waals surface area contributed by atoms with Gasteiger partial charge in [-0.1, -0.05) is 12.1 Å². The number of hydrogen-bond donors (Lipinski definition) is 1. The molecule has 1 aliphatic rings. The van der Waals surface area contributed by atoms with Crippen LogP contribution in [0.3, 0.4) is 0 Å². The summed E-state index contributed by atoms with van der Waals surface area (Å²) in [7, 11) is 0. The van der Waals surface area contributed by atoms with E-state index in [4.69, 9.17) is 4.98 Å². The molecule has 0 radical (unpaired) electrons. The first kappa shape index (κ1) is 14.4. The Morgan fingerprint density at radius 1 is 1.13 bits per heavy atom. The molecule has 1 saturated heterocycles. The second-order valence-electron chi connectivity index (χ2n) is 6.07. The lowest BCUT2D eigenvalue weighted by molar-refractivity contribution is 0.227. The van der Waals surface area contributed by atoms with E-state index in [1.54, 1.807) is 0 Å². The molecular formula is C18H21N5. The van der Waals surface area contributed by atoms with Crippen LogP contribution in [0.5, 0.6) is 0 Å². The second-order valence-corrected chi connectivity index (χ2v) is 6.07. The van der Waals surface area contributed by atoms with Crippen molar-refractivity contribution >= 4 is 11.2 Å². The lowest BCUT2D eigenvalue weighted by atomic mass is 10.2. The maximum atomic E-state index is 4.85. The van der Waals surface area contributed by atoms with Gasteiger partial charge < -0.3 is 5.32 Å². The van der Waals surface area contributed by atoms with Gasteiger partial charge in [0.2, 0.25) is 0 Å². The van der Waals surface area contributed by atoms with E-state index in [1.165, 1.54) is 5.56 Å². The van der Waals surface area contributed by atoms with E-state index >= 15 is 0 Å². The van der Waals surface area contributed by atoms with Gasteiger partial charge in [-0.2, -0.15) is 0 Å². The summed E-state index contributed by atoms with van der Waals surface area (Å²) in [6, 6.07) is 12.5. The van der Waals surface area contributed by atoms with E-state index < -0.39 is 0 Å². The van der Waals surface area contributed by atoms with Crippen LogP contribution in [0, 0.1) is 6.92 Å². The fraction of sp³-hybridized carbons (Fsp3) is 0.333. The van der Waals surface area contributed by atoms with Crippen LogP contribution in [0.2, 0.25) is 0 Å². The minimum absolute atomic E-state index is 0.853. The quantitative estimate of drug-likeness (QED) is 0.805. The van der Waals surface area contributed by atoms with Crippen LogP contribution in [-0.4, -0.2) is 45.6 Å². The van der Waals surface area contributed by atoms with Gasteiger partial charge in [-0.25, -0.2) is 9.97 Å². The normalized spacial score (nSPS) is 16.0. The van der Waals surface area contributed by atoms with Crippen molar-refractivity contribution in [1.82, 2.24) is 24.8 Å². The highest BCUT2D eigenvalue weighted by molar-refractivity contribution is 5.73. The van der Waals surface area contributed by atoms with Crippen LogP contribution in [-0.2, 0) is 6.54 Å². The number of rotatable bonds is 3. The van der Waals surface area contributed by atoms with Crippen molar-refractivity contribution in [1.29, 1.82) is 0 Å². The van der Waals surface area contributed by atoms with Gasteiger partial charge in [0.05, 0.1) is 6.54 Å². The Hall–Kier alpha value is -2.24. The molecule has 4 rings (SSSR count). The number of aryl methyl sites for hydroxylation is 1. The Bertz CT molecular complexity index is 817. The van der Waals surface area contributed by atoms with Crippen LogP contribution in [0.4, 0.5) is 0 Å². The summed E-state index contributed by atoms with van der Waals surface area (Å²) in [6.45, 7) is 7.18. The fourth-order valence-corrected chi connectivity index (χ4v) is 3.17. The lowest BCUT2D eigenvalue weighted by Gasteiger charge is -2.27. The lowest BCUT2D eigenvalue weighted by Crippen LogP contribution is -2.43. The molecule has 0 aliphatic carbocycles. The van der Waals surface area contributed by atoms with E-state index in [2.05, 4.69) is 51.0 Å². The summed E-state index contributed by atoms with van der Waals surface area (Å²) in [5.41, 5.74) is 4.27. The van der Waals surface area contributed by atoms with Crippen molar-refractivity contribution in [3.05, 3.63) is 54.0 Å². The zero-order valence-corrected chi connectivity index (χ0v) is 13.4. The molecule has 0 amide bonds. The van der Waals surface area contributed by atoms with E-state index in [9.17, 15) is 0 Å². The molecule has 118 valence electrons. The summed E-state index contributed by atoms with van der Waals surface area (Å²) >= 11 is 0. The molecule has 0 unspecified atom stereocenters. The number of benzene rings is 1. The Labute approximate surface area is 136 Å². The van der Waals surface area contributed by atoms with Crippen LogP contribution < -0.4 is 5.32 Å². The first-order chi connectivity index (χ1) is 11.3. The molecule has 2 aromatic heterocycles. The van der Waals surface area contributed by atoms with Gasteiger partial charge in [0.1, 0.15) is 11.3 Å². The Morgan fingerprint density at radius 2 is 2.00 bits per heavy atom. The van der Waals surface area contributed by atoms with Gasteiger partial charge in [0, 0.05) is 38.1 Å². The number of nitrogens with one attached hydrogen (secondary N) is 1. The van der Waals surface area contributed by atoms with E-state index in [1.807, 2.05) is 18.3 Å². The first-order valence-electron chi connectivity index (χ1n) is 8.14. The third-order valence-electron chi connectivity index (χ3n) is 4.32. The minimum atomic E-state index is 0.853. The third-order valence-corrected chi connectivity index (χ3v) is 4.32. The van der Waals surface area contributed by atoms with E-state index in [0.29, 0.717) is 0 Å². The maximum Gasteiger partial charge on any atom is 0.164 e. The smallest absolute Gasteiger partial charge is 0.164 e. The molecule has 1 aliphatic heterocycles. The molecule has 0 atom stereocenters. The Balaban J connectivity index is 1.81. The number of imidazole rings is 1. The second kappa shape index (κ2) is 6.10. The van der Waals surface area contributed by atoms with Crippen LogP contribution in [0.25, 0.3) is 16.9 Å². The zero-order valence-electron chi connectivity index (χ0n) is 13.4. The largest absolute Gasteiger partial charge is 0.314 e. The highest BCUT2D eigenvalue weighted by atomic mass is 15.2. The van der Waals surface area contributed by atoms with Gasteiger partial charge >= 0.3 is 0 Å². The van der Waals surface area contributed by atoms with Gasteiger partial charge in [0.15, 0.2) is 5.65 Å². The monoisotopic (exact) mass is 307 g/mol. The number of hydrogen-bond acceptors (Lipinski definition) is 4. The average molecular weight is 307 g/mol. The molecule has 0 spiro atoms. The fourth-order valence-electron chi connectivity index (χ4n) is 3.17. The van der Waals surface area contributed by atoms with Crippen molar-refractivity contribution < 1.29 is 0 Å². The number of pyridine rings is 1. The highest BCUT2D eigenvalue weighted by Crippen LogP contribution is 2.21.